The molecule has 4 heterocycles. The molecule has 182 valence electrons. The quantitative estimate of drug-likeness (QED) is 0.405. The molecule has 5 rings (SSSR count). The first-order chi connectivity index (χ1) is 16.9. The van der Waals surface area contributed by atoms with Gasteiger partial charge in [-0.05, 0) is 24.4 Å². The summed E-state index contributed by atoms with van der Waals surface area (Å²) in [5.41, 5.74) is 0.770. The molecule has 0 radical (unpaired) electrons. The Balaban J connectivity index is 1.58. The van der Waals surface area contributed by atoms with Gasteiger partial charge >= 0.3 is 10.8 Å². The van der Waals surface area contributed by atoms with E-state index in [0.717, 1.165) is 6.07 Å². The van der Waals surface area contributed by atoms with Gasteiger partial charge in [0.2, 0.25) is 0 Å². The van der Waals surface area contributed by atoms with Crippen molar-refractivity contribution < 1.29 is 23.6 Å². The highest BCUT2D eigenvalue weighted by Gasteiger charge is 2.36. The highest BCUT2D eigenvalue weighted by Crippen LogP contribution is 2.37. The van der Waals surface area contributed by atoms with E-state index in [1.54, 1.807) is 11.6 Å². The normalized spacial score (nSPS) is 21.0. The molecule has 14 heteroatoms. The summed E-state index contributed by atoms with van der Waals surface area (Å²) >= 11 is 12.7. The van der Waals surface area contributed by atoms with Gasteiger partial charge in [0.25, 0.3) is 0 Å². The zero-order chi connectivity index (χ0) is 24.5. The van der Waals surface area contributed by atoms with Crippen molar-refractivity contribution in [2.75, 3.05) is 26.3 Å². The average molecular weight is 537 g/mol. The SMILES string of the molecule is O=C(O)C1=C(CN2CCOC[C@H]2c2nc(=S)o[nH]2)NC(c2nccs2)=N[C@H]1c1ccc(F)cc1Cl. The maximum absolute atomic E-state index is 13.8. The van der Waals surface area contributed by atoms with Crippen LogP contribution in [0.5, 0.6) is 0 Å². The Morgan fingerprint density at radius 1 is 1.43 bits per heavy atom. The van der Waals surface area contributed by atoms with Crippen LogP contribution in [0.25, 0.3) is 0 Å². The molecule has 2 aliphatic heterocycles. The zero-order valence-electron chi connectivity index (χ0n) is 17.9. The Morgan fingerprint density at radius 3 is 2.97 bits per heavy atom. The number of nitrogens with zero attached hydrogens (tertiary/aromatic N) is 4. The number of carboxylic acids is 1. The summed E-state index contributed by atoms with van der Waals surface area (Å²) in [7, 11) is 0. The summed E-state index contributed by atoms with van der Waals surface area (Å²) in [6.45, 7) is 1.46. The van der Waals surface area contributed by atoms with Crippen LogP contribution in [0, 0.1) is 10.7 Å². The maximum atomic E-state index is 13.8. The molecule has 1 saturated heterocycles. The number of aliphatic carboxylic acids is 1. The first-order valence-corrected chi connectivity index (χ1v) is 12.1. The number of halogens is 2. The van der Waals surface area contributed by atoms with Crippen LogP contribution in [-0.2, 0) is 9.53 Å². The second-order valence-electron chi connectivity index (χ2n) is 7.73. The van der Waals surface area contributed by atoms with E-state index in [9.17, 15) is 14.3 Å². The van der Waals surface area contributed by atoms with Gasteiger partial charge in [-0.2, -0.15) is 4.98 Å². The smallest absolute Gasteiger partial charge is 0.335 e. The van der Waals surface area contributed by atoms with E-state index in [0.29, 0.717) is 47.7 Å². The Bertz CT molecular complexity index is 1370. The molecular formula is C21H18ClFN6O4S2. The third-order valence-electron chi connectivity index (χ3n) is 5.62. The number of hydrogen-bond donors (Lipinski definition) is 3. The fourth-order valence-corrected chi connectivity index (χ4v) is 5.03. The Hall–Kier alpha value is -2.97. The van der Waals surface area contributed by atoms with Gasteiger partial charge in [-0.25, -0.2) is 19.3 Å². The molecule has 35 heavy (non-hydrogen) atoms. The van der Waals surface area contributed by atoms with Gasteiger partial charge in [-0.3, -0.25) is 9.89 Å². The number of benzene rings is 1. The average Bonchev–Trinajstić information content (AvgIpc) is 3.51. The van der Waals surface area contributed by atoms with Crippen molar-refractivity contribution in [1.29, 1.82) is 0 Å². The minimum absolute atomic E-state index is 0.00264. The van der Waals surface area contributed by atoms with E-state index in [1.165, 1.54) is 23.5 Å². The predicted molar refractivity (Wildman–Crippen MR) is 127 cm³/mol. The molecular weight excluding hydrogens is 519 g/mol. The van der Waals surface area contributed by atoms with Crippen molar-refractivity contribution in [3.8, 4) is 0 Å². The van der Waals surface area contributed by atoms with Crippen molar-refractivity contribution in [1.82, 2.24) is 25.3 Å². The van der Waals surface area contributed by atoms with Gasteiger partial charge in [0.15, 0.2) is 16.7 Å². The van der Waals surface area contributed by atoms with Crippen LogP contribution >= 0.6 is 35.2 Å². The summed E-state index contributed by atoms with van der Waals surface area (Å²) in [6.07, 6.45) is 1.63. The third-order valence-corrected chi connectivity index (χ3v) is 6.90. The number of aromatic amines is 1. The van der Waals surface area contributed by atoms with Gasteiger partial charge in [0, 0.05) is 40.9 Å². The first kappa shape index (κ1) is 23.8. The predicted octanol–water partition coefficient (Wildman–Crippen LogP) is 3.48. The van der Waals surface area contributed by atoms with Crippen molar-refractivity contribution in [3.05, 3.63) is 73.1 Å². The summed E-state index contributed by atoms with van der Waals surface area (Å²) in [5.74, 6) is -0.824. The molecule has 0 spiro atoms. The summed E-state index contributed by atoms with van der Waals surface area (Å²) < 4.78 is 24.5. The molecule has 2 atom stereocenters. The summed E-state index contributed by atoms with van der Waals surface area (Å²) in [5, 5.41) is 18.6. The monoisotopic (exact) mass is 536 g/mol. The van der Waals surface area contributed by atoms with Crippen molar-refractivity contribution >= 4 is 47.0 Å². The number of aromatic nitrogens is 3. The van der Waals surface area contributed by atoms with Gasteiger partial charge < -0.3 is 19.7 Å². The number of thiazole rings is 1. The molecule has 1 fully saturated rings. The molecule has 3 aromatic rings. The Kier molecular flexibility index (Phi) is 6.75. The second-order valence-corrected chi connectivity index (χ2v) is 9.38. The lowest BCUT2D eigenvalue weighted by atomic mass is 9.95. The lowest BCUT2D eigenvalue weighted by Gasteiger charge is -2.36. The molecule has 0 unspecified atom stereocenters. The number of morpholine rings is 1. The van der Waals surface area contributed by atoms with Crippen molar-refractivity contribution in [3.63, 3.8) is 0 Å². The van der Waals surface area contributed by atoms with E-state index in [-0.39, 0.29) is 28.0 Å². The Morgan fingerprint density at radius 2 is 2.29 bits per heavy atom. The number of H-pyrrole nitrogens is 1. The minimum atomic E-state index is -1.18. The number of carboxylic acid groups (broad SMARTS) is 1. The molecule has 3 N–H and O–H groups in total. The second kappa shape index (κ2) is 9.95. The number of carbonyl (C=O) groups is 1. The van der Waals surface area contributed by atoms with Crippen molar-refractivity contribution in [2.45, 2.75) is 12.1 Å². The van der Waals surface area contributed by atoms with E-state index in [2.05, 4.69) is 25.4 Å². The fraction of sp³-hybridized carbons (Fsp3) is 0.286. The highest BCUT2D eigenvalue weighted by molar-refractivity contribution is 7.71. The third kappa shape index (κ3) is 4.90. The van der Waals surface area contributed by atoms with E-state index in [4.69, 9.17) is 33.1 Å². The molecule has 2 aromatic heterocycles. The highest BCUT2D eigenvalue weighted by atomic mass is 35.5. The van der Waals surface area contributed by atoms with Crippen molar-refractivity contribution in [2.24, 2.45) is 4.99 Å². The van der Waals surface area contributed by atoms with Crippen LogP contribution in [0.2, 0.25) is 5.02 Å². The van der Waals surface area contributed by atoms with E-state index >= 15 is 0 Å². The lowest BCUT2D eigenvalue weighted by Crippen LogP contribution is -2.45. The topological polar surface area (TPSA) is 129 Å². The molecule has 0 aliphatic carbocycles. The van der Waals surface area contributed by atoms with Gasteiger partial charge in [0.05, 0.1) is 24.8 Å². The van der Waals surface area contributed by atoms with Gasteiger partial charge in [-0.15, -0.1) is 11.3 Å². The number of amidine groups is 1. The molecule has 0 bridgehead atoms. The number of ether oxygens (including phenoxy) is 1. The number of hydrogen-bond acceptors (Lipinski definition) is 10. The number of nitrogens with one attached hydrogen (secondary N) is 2. The standard InChI is InChI=1S/C21H18ClFN6O4S2/c22-12-7-10(23)1-2-11(12)16-15(20(30)31)13(25-18(26-16)19-24-3-6-35-19)8-29-4-5-32-9-14(29)17-27-21(34)33-28-17/h1-3,6-7,14,16H,4-5,8-9H2,(H,25,26)(H,30,31)(H,27,28,34)/t14-,16-/m0/s1. The molecule has 2 aliphatic rings. The number of rotatable bonds is 6. The first-order valence-electron chi connectivity index (χ1n) is 10.4. The van der Waals surface area contributed by atoms with Crippen LogP contribution in [0.4, 0.5) is 4.39 Å². The summed E-state index contributed by atoms with van der Waals surface area (Å²) in [6, 6.07) is 2.49. The van der Waals surface area contributed by atoms with Crippen LogP contribution in [0.3, 0.4) is 0 Å². The minimum Gasteiger partial charge on any atom is -0.478 e. The van der Waals surface area contributed by atoms with E-state index < -0.39 is 17.8 Å². The van der Waals surface area contributed by atoms with Crippen LogP contribution in [-0.4, -0.2) is 63.2 Å². The molecule has 10 nitrogen and oxygen atoms in total. The van der Waals surface area contributed by atoms with Gasteiger partial charge in [-0.1, -0.05) is 17.7 Å². The zero-order valence-corrected chi connectivity index (χ0v) is 20.3. The maximum Gasteiger partial charge on any atom is 0.335 e. The van der Waals surface area contributed by atoms with Crippen LogP contribution in [0.15, 0.2) is 50.6 Å². The van der Waals surface area contributed by atoms with Gasteiger partial charge in [0.1, 0.15) is 11.9 Å². The lowest BCUT2D eigenvalue weighted by molar-refractivity contribution is -0.133. The fourth-order valence-electron chi connectivity index (χ4n) is 4.03. The largest absolute Gasteiger partial charge is 0.478 e. The molecule has 1 aromatic carbocycles. The number of aliphatic imine (C=N–C) groups is 1. The van der Waals surface area contributed by atoms with Crippen LogP contribution in [0.1, 0.15) is 28.5 Å². The van der Waals surface area contributed by atoms with E-state index in [1.807, 2.05) is 4.90 Å². The van der Waals surface area contributed by atoms with Crippen LogP contribution < -0.4 is 5.32 Å². The molecule has 0 amide bonds. The summed E-state index contributed by atoms with van der Waals surface area (Å²) in [4.78, 5) is 27.7. The molecule has 0 saturated carbocycles. The Labute approximate surface area is 212 Å².